The van der Waals surface area contributed by atoms with Crippen molar-refractivity contribution in [2.24, 2.45) is 0 Å². The van der Waals surface area contributed by atoms with E-state index in [0.29, 0.717) is 32.8 Å². The van der Waals surface area contributed by atoms with E-state index in [4.69, 9.17) is 4.74 Å². The van der Waals surface area contributed by atoms with E-state index in [1.807, 2.05) is 24.3 Å². The van der Waals surface area contributed by atoms with E-state index in [2.05, 4.69) is 30.4 Å². The molecule has 1 atom stereocenters. The molecule has 2 aliphatic heterocycles. The standard InChI is InChI=1S/C22H26N2O4S2/c1-16-6-7-17-13-21(29-20(17)12-16)22(25)23-14-18-4-2-3-5-19(18)15-30(26,27)24-8-10-28-11-9-24/h2-7,12,21H,8-11,13-15H2,1H3,(H,23,25)/t21-/m1/s1. The molecule has 1 N–H and O–H groups in total. The topological polar surface area (TPSA) is 75.7 Å². The second kappa shape index (κ2) is 9.09. The van der Waals surface area contributed by atoms with Crippen LogP contribution in [-0.4, -0.2) is 50.2 Å². The molecule has 0 aromatic heterocycles. The summed E-state index contributed by atoms with van der Waals surface area (Å²) in [5.74, 6) is -0.0817. The molecule has 0 saturated carbocycles. The molecule has 4 rings (SSSR count). The number of sulfonamides is 1. The maximum atomic E-state index is 12.8. The van der Waals surface area contributed by atoms with E-state index in [9.17, 15) is 13.2 Å². The zero-order valence-corrected chi connectivity index (χ0v) is 18.6. The van der Waals surface area contributed by atoms with E-state index >= 15 is 0 Å². The number of hydrogen-bond acceptors (Lipinski definition) is 5. The average Bonchev–Trinajstić information content (AvgIpc) is 3.16. The molecule has 8 heteroatoms. The van der Waals surface area contributed by atoms with Gasteiger partial charge in [0.25, 0.3) is 0 Å². The molecule has 6 nitrogen and oxygen atoms in total. The van der Waals surface area contributed by atoms with Crippen molar-refractivity contribution >= 4 is 27.7 Å². The molecule has 2 heterocycles. The number of thioether (sulfide) groups is 1. The van der Waals surface area contributed by atoms with Crippen molar-refractivity contribution in [1.29, 1.82) is 0 Å². The lowest BCUT2D eigenvalue weighted by Gasteiger charge is -2.26. The number of morpholine rings is 1. The molecule has 0 radical (unpaired) electrons. The first-order valence-electron chi connectivity index (χ1n) is 10.1. The third kappa shape index (κ3) is 4.88. The Morgan fingerprint density at radius 1 is 1.17 bits per heavy atom. The van der Waals surface area contributed by atoms with Gasteiger partial charge in [-0.3, -0.25) is 4.79 Å². The highest BCUT2D eigenvalue weighted by Gasteiger charge is 2.29. The van der Waals surface area contributed by atoms with Gasteiger partial charge >= 0.3 is 0 Å². The van der Waals surface area contributed by atoms with Gasteiger partial charge in [0.2, 0.25) is 15.9 Å². The van der Waals surface area contributed by atoms with Gasteiger partial charge < -0.3 is 10.1 Å². The summed E-state index contributed by atoms with van der Waals surface area (Å²) in [4.78, 5) is 13.9. The van der Waals surface area contributed by atoms with Crippen LogP contribution < -0.4 is 5.32 Å². The quantitative estimate of drug-likeness (QED) is 0.738. The second-order valence-electron chi connectivity index (χ2n) is 7.68. The van der Waals surface area contributed by atoms with E-state index in [-0.39, 0.29) is 16.9 Å². The summed E-state index contributed by atoms with van der Waals surface area (Å²) in [5.41, 5.74) is 3.96. The maximum absolute atomic E-state index is 12.8. The Hall–Kier alpha value is -1.87. The van der Waals surface area contributed by atoms with E-state index in [0.717, 1.165) is 17.5 Å². The SMILES string of the molecule is Cc1ccc2c(c1)S[C@@H](C(=O)NCc1ccccc1CS(=O)(=O)N1CCOCC1)C2. The number of carbonyl (C=O) groups excluding carboxylic acids is 1. The van der Waals surface area contributed by atoms with Gasteiger partial charge in [0.05, 0.1) is 24.2 Å². The minimum Gasteiger partial charge on any atom is -0.379 e. The number of ether oxygens (including phenoxy) is 1. The molecule has 160 valence electrons. The van der Waals surface area contributed by atoms with Crippen molar-refractivity contribution in [2.75, 3.05) is 26.3 Å². The highest BCUT2D eigenvalue weighted by molar-refractivity contribution is 8.01. The summed E-state index contributed by atoms with van der Waals surface area (Å²) in [6.45, 7) is 4.01. The smallest absolute Gasteiger partial charge is 0.234 e. The summed E-state index contributed by atoms with van der Waals surface area (Å²) >= 11 is 1.60. The van der Waals surface area contributed by atoms with Gasteiger partial charge in [-0.2, -0.15) is 4.31 Å². The zero-order chi connectivity index (χ0) is 21.1. The molecule has 1 amide bonds. The number of amides is 1. The Bertz CT molecular complexity index is 1030. The van der Waals surface area contributed by atoms with Crippen LogP contribution in [0.25, 0.3) is 0 Å². The van der Waals surface area contributed by atoms with Crippen LogP contribution in [0.1, 0.15) is 22.3 Å². The fourth-order valence-corrected chi connectivity index (χ4v) is 6.64. The minimum atomic E-state index is -3.42. The van der Waals surface area contributed by atoms with Gasteiger partial charge in [-0.05, 0) is 36.1 Å². The number of fused-ring (bicyclic) bond motifs is 1. The maximum Gasteiger partial charge on any atom is 0.234 e. The number of aryl methyl sites for hydroxylation is 1. The summed E-state index contributed by atoms with van der Waals surface area (Å²) in [6.07, 6.45) is 0.721. The van der Waals surface area contributed by atoms with E-state index in [1.54, 1.807) is 11.8 Å². The third-order valence-electron chi connectivity index (χ3n) is 5.46. The van der Waals surface area contributed by atoms with Crippen molar-refractivity contribution in [2.45, 2.75) is 35.8 Å². The summed E-state index contributed by atoms with van der Waals surface area (Å²) in [7, 11) is -3.42. The van der Waals surface area contributed by atoms with Crippen LogP contribution in [0.3, 0.4) is 0 Å². The molecule has 30 heavy (non-hydrogen) atoms. The molecule has 1 fully saturated rings. The zero-order valence-electron chi connectivity index (χ0n) is 17.0. The van der Waals surface area contributed by atoms with E-state index in [1.165, 1.54) is 20.3 Å². The lowest BCUT2D eigenvalue weighted by molar-refractivity contribution is -0.120. The predicted molar refractivity (Wildman–Crippen MR) is 118 cm³/mol. The number of rotatable bonds is 6. The van der Waals surface area contributed by atoms with Crippen LogP contribution in [0.15, 0.2) is 47.4 Å². The van der Waals surface area contributed by atoms with Gasteiger partial charge in [0.15, 0.2) is 0 Å². The minimum absolute atomic E-state index is 0.0142. The molecule has 2 aliphatic rings. The van der Waals surface area contributed by atoms with Gasteiger partial charge in [0, 0.05) is 24.5 Å². The predicted octanol–water partition coefficient (Wildman–Crippen LogP) is 2.49. The first-order chi connectivity index (χ1) is 14.4. The molecule has 2 aromatic carbocycles. The Kier molecular flexibility index (Phi) is 6.48. The fraction of sp³-hybridized carbons (Fsp3) is 0.409. The Morgan fingerprint density at radius 2 is 1.90 bits per heavy atom. The van der Waals surface area contributed by atoms with Crippen molar-refractivity contribution in [1.82, 2.24) is 9.62 Å². The highest BCUT2D eigenvalue weighted by Crippen LogP contribution is 2.37. The normalized spacial score (nSPS) is 19.4. The summed E-state index contributed by atoms with van der Waals surface area (Å²) < 4.78 is 32.3. The summed E-state index contributed by atoms with van der Waals surface area (Å²) in [5, 5.41) is 2.86. The van der Waals surface area contributed by atoms with Crippen LogP contribution in [0.2, 0.25) is 0 Å². The molecule has 0 spiro atoms. The monoisotopic (exact) mass is 446 g/mol. The highest BCUT2D eigenvalue weighted by atomic mass is 32.2. The number of carbonyl (C=O) groups is 1. The number of nitrogens with one attached hydrogen (secondary N) is 1. The molecule has 0 bridgehead atoms. The molecule has 1 saturated heterocycles. The molecule has 0 aliphatic carbocycles. The molecule has 2 aromatic rings. The Labute approximate surface area is 182 Å². The molecular formula is C22H26N2O4S2. The van der Waals surface area contributed by atoms with Crippen molar-refractivity contribution in [3.8, 4) is 0 Å². The largest absolute Gasteiger partial charge is 0.379 e. The van der Waals surface area contributed by atoms with Gasteiger partial charge in [-0.1, -0.05) is 42.0 Å². The average molecular weight is 447 g/mol. The summed E-state index contributed by atoms with van der Waals surface area (Å²) in [6, 6.07) is 13.7. The van der Waals surface area contributed by atoms with Gasteiger partial charge in [-0.15, -0.1) is 11.8 Å². The first kappa shape index (κ1) is 21.4. The van der Waals surface area contributed by atoms with E-state index < -0.39 is 10.0 Å². The third-order valence-corrected chi connectivity index (χ3v) is 8.59. The van der Waals surface area contributed by atoms with Crippen LogP contribution >= 0.6 is 11.8 Å². The van der Waals surface area contributed by atoms with Crippen molar-refractivity contribution in [3.05, 3.63) is 64.7 Å². The van der Waals surface area contributed by atoms with Gasteiger partial charge in [-0.25, -0.2) is 8.42 Å². The number of nitrogens with zero attached hydrogens (tertiary/aromatic N) is 1. The molecular weight excluding hydrogens is 420 g/mol. The molecule has 0 unspecified atom stereocenters. The van der Waals surface area contributed by atoms with Crippen LogP contribution in [0.4, 0.5) is 0 Å². The second-order valence-corrected chi connectivity index (χ2v) is 10.9. The number of benzene rings is 2. The Balaban J connectivity index is 1.39. The fourth-order valence-electron chi connectivity index (χ4n) is 3.76. The van der Waals surface area contributed by atoms with Crippen LogP contribution in [0, 0.1) is 6.92 Å². The lowest BCUT2D eigenvalue weighted by Crippen LogP contribution is -2.41. The Morgan fingerprint density at radius 3 is 2.67 bits per heavy atom. The lowest BCUT2D eigenvalue weighted by atomic mass is 10.1. The van der Waals surface area contributed by atoms with Crippen molar-refractivity contribution < 1.29 is 17.9 Å². The van der Waals surface area contributed by atoms with Crippen LogP contribution in [0.5, 0.6) is 0 Å². The van der Waals surface area contributed by atoms with Crippen molar-refractivity contribution in [3.63, 3.8) is 0 Å². The van der Waals surface area contributed by atoms with Crippen LogP contribution in [-0.2, 0) is 38.3 Å². The first-order valence-corrected chi connectivity index (χ1v) is 12.6. The van der Waals surface area contributed by atoms with Gasteiger partial charge in [0.1, 0.15) is 0 Å². The number of hydrogen-bond donors (Lipinski definition) is 1.